The number of halogens is 3. The van der Waals surface area contributed by atoms with Crippen LogP contribution < -0.4 is 0 Å². The molecule has 7 heteroatoms. The minimum absolute atomic E-state index is 0.129. The van der Waals surface area contributed by atoms with Crippen LogP contribution in [0, 0.1) is 11.6 Å². The highest BCUT2D eigenvalue weighted by molar-refractivity contribution is 9.11. The Labute approximate surface area is 179 Å². The van der Waals surface area contributed by atoms with Crippen molar-refractivity contribution < 1.29 is 13.6 Å². The van der Waals surface area contributed by atoms with Crippen LogP contribution in [0.2, 0.25) is 0 Å². The van der Waals surface area contributed by atoms with Gasteiger partial charge in [-0.25, -0.2) is 8.78 Å². The van der Waals surface area contributed by atoms with Gasteiger partial charge >= 0.3 is 0 Å². The van der Waals surface area contributed by atoms with Crippen molar-refractivity contribution in [1.82, 2.24) is 9.47 Å². The third kappa shape index (κ3) is 4.11. The molecule has 1 amide bonds. The van der Waals surface area contributed by atoms with Crippen LogP contribution in [0.25, 0.3) is 10.2 Å². The average Bonchev–Trinajstić information content (AvgIpc) is 3.22. The number of fused-ring (bicyclic) bond motifs is 1. The Bertz CT molecular complexity index is 1190. The van der Waals surface area contributed by atoms with Crippen molar-refractivity contribution in [2.24, 2.45) is 0 Å². The van der Waals surface area contributed by atoms with E-state index in [1.807, 2.05) is 47.0 Å². The third-order valence-corrected chi connectivity index (χ3v) is 6.29. The Balaban J connectivity index is 1.69. The monoisotopic (exact) mass is 474 g/mol. The summed E-state index contributed by atoms with van der Waals surface area (Å²) in [6.45, 7) is 0.748. The topological polar surface area (TPSA) is 25.2 Å². The van der Waals surface area contributed by atoms with Gasteiger partial charge in [0.15, 0.2) is 11.6 Å². The molecule has 2 aromatic heterocycles. The molecule has 0 atom stereocenters. The standard InChI is InChI=1S/C22H17BrF2N2OS/c1-26(12-14-5-3-2-4-6-14)22(28)19-10-20-18(11-21(23)29-20)27(19)13-15-7-8-16(24)17(25)9-15/h2-11H,12-13H2,1H3. The van der Waals surface area contributed by atoms with Crippen LogP contribution in [-0.2, 0) is 13.1 Å². The molecule has 0 unspecified atom stereocenters. The number of thiophene rings is 1. The van der Waals surface area contributed by atoms with Gasteiger partial charge < -0.3 is 9.47 Å². The predicted molar refractivity (Wildman–Crippen MR) is 115 cm³/mol. The van der Waals surface area contributed by atoms with E-state index in [9.17, 15) is 13.6 Å². The molecule has 3 nitrogen and oxygen atoms in total. The zero-order chi connectivity index (χ0) is 20.5. The summed E-state index contributed by atoms with van der Waals surface area (Å²) in [5.41, 5.74) is 3.01. The fourth-order valence-electron chi connectivity index (χ4n) is 3.30. The van der Waals surface area contributed by atoms with Gasteiger partial charge in [-0.05, 0) is 51.3 Å². The predicted octanol–water partition coefficient (Wildman–Crippen LogP) is 6.06. The molecule has 4 rings (SSSR count). The number of rotatable bonds is 5. The third-order valence-electron chi connectivity index (χ3n) is 4.71. The second-order valence-corrected chi connectivity index (χ2v) is 9.27. The molecule has 0 saturated heterocycles. The van der Waals surface area contributed by atoms with Gasteiger partial charge in [-0.2, -0.15) is 0 Å². The van der Waals surface area contributed by atoms with Gasteiger partial charge in [-0.15, -0.1) is 11.3 Å². The summed E-state index contributed by atoms with van der Waals surface area (Å²) >= 11 is 5.01. The van der Waals surface area contributed by atoms with Gasteiger partial charge in [-0.3, -0.25) is 4.79 Å². The number of benzene rings is 2. The second-order valence-electron chi connectivity index (χ2n) is 6.81. The number of hydrogen-bond donors (Lipinski definition) is 0. The van der Waals surface area contributed by atoms with E-state index in [0.717, 1.165) is 25.6 Å². The largest absolute Gasteiger partial charge is 0.336 e. The van der Waals surface area contributed by atoms with E-state index < -0.39 is 11.6 Å². The van der Waals surface area contributed by atoms with E-state index in [4.69, 9.17) is 0 Å². The summed E-state index contributed by atoms with van der Waals surface area (Å²) in [6, 6.07) is 17.4. The van der Waals surface area contributed by atoms with E-state index in [2.05, 4.69) is 15.9 Å². The first-order chi connectivity index (χ1) is 13.9. The molecule has 0 aliphatic rings. The quantitative estimate of drug-likeness (QED) is 0.344. The molecule has 0 N–H and O–H groups in total. The SMILES string of the molecule is CN(Cc1ccccc1)C(=O)c1cc2sc(Br)cc2n1Cc1ccc(F)c(F)c1. The molecule has 0 bridgehead atoms. The van der Waals surface area contributed by atoms with Crippen molar-refractivity contribution in [3.63, 3.8) is 0 Å². The summed E-state index contributed by atoms with van der Waals surface area (Å²) in [5.74, 6) is -1.91. The first kappa shape index (κ1) is 19.8. The lowest BCUT2D eigenvalue weighted by Gasteiger charge is -2.19. The molecule has 0 aliphatic heterocycles. The second kappa shape index (κ2) is 8.08. The highest BCUT2D eigenvalue weighted by Gasteiger charge is 2.21. The van der Waals surface area contributed by atoms with Gasteiger partial charge in [-0.1, -0.05) is 36.4 Å². The molecule has 0 aliphatic carbocycles. The molecule has 0 radical (unpaired) electrons. The first-order valence-electron chi connectivity index (χ1n) is 8.94. The maximum atomic E-state index is 13.7. The van der Waals surface area contributed by atoms with Gasteiger partial charge in [0.1, 0.15) is 5.69 Å². The maximum absolute atomic E-state index is 13.7. The summed E-state index contributed by atoms with van der Waals surface area (Å²) in [7, 11) is 1.76. The van der Waals surface area contributed by atoms with Crippen molar-refractivity contribution in [1.29, 1.82) is 0 Å². The van der Waals surface area contributed by atoms with Crippen molar-refractivity contribution in [3.05, 3.63) is 92.9 Å². The summed E-state index contributed by atoms with van der Waals surface area (Å²) in [6.07, 6.45) is 0. The van der Waals surface area contributed by atoms with Crippen LogP contribution in [0.4, 0.5) is 8.78 Å². The van der Waals surface area contributed by atoms with Gasteiger partial charge in [0.2, 0.25) is 0 Å². The molecule has 4 aromatic rings. The van der Waals surface area contributed by atoms with Crippen LogP contribution in [-0.4, -0.2) is 22.4 Å². The molecule has 0 spiro atoms. The van der Waals surface area contributed by atoms with Crippen LogP contribution in [0.15, 0.2) is 64.5 Å². The zero-order valence-corrected chi connectivity index (χ0v) is 17.9. The molecule has 0 fully saturated rings. The fourth-order valence-corrected chi connectivity index (χ4v) is 4.87. The smallest absolute Gasteiger partial charge is 0.270 e. The number of hydrogen-bond acceptors (Lipinski definition) is 2. The Hall–Kier alpha value is -2.51. The Morgan fingerprint density at radius 1 is 1.03 bits per heavy atom. The zero-order valence-electron chi connectivity index (χ0n) is 15.5. The number of amides is 1. The van der Waals surface area contributed by atoms with Crippen LogP contribution in [0.3, 0.4) is 0 Å². The maximum Gasteiger partial charge on any atom is 0.270 e. The van der Waals surface area contributed by atoms with Crippen molar-refractivity contribution in [2.75, 3.05) is 7.05 Å². The molecular weight excluding hydrogens is 458 g/mol. The molecule has 2 aromatic carbocycles. The lowest BCUT2D eigenvalue weighted by Crippen LogP contribution is -2.28. The van der Waals surface area contributed by atoms with E-state index in [-0.39, 0.29) is 12.5 Å². The summed E-state index contributed by atoms with van der Waals surface area (Å²) < 4.78 is 30.7. The highest BCUT2D eigenvalue weighted by atomic mass is 79.9. The minimum Gasteiger partial charge on any atom is -0.336 e. The van der Waals surface area contributed by atoms with Crippen LogP contribution in [0.5, 0.6) is 0 Å². The molecule has 0 saturated carbocycles. The number of carbonyl (C=O) groups is 1. The van der Waals surface area contributed by atoms with E-state index >= 15 is 0 Å². The minimum atomic E-state index is -0.897. The van der Waals surface area contributed by atoms with Crippen molar-refractivity contribution in [2.45, 2.75) is 13.1 Å². The summed E-state index contributed by atoms with van der Waals surface area (Å²) in [5, 5.41) is 0. The Kier molecular flexibility index (Phi) is 5.52. The van der Waals surface area contributed by atoms with E-state index in [0.29, 0.717) is 17.8 Å². The van der Waals surface area contributed by atoms with E-state index in [1.165, 1.54) is 23.5 Å². The number of carbonyl (C=O) groups excluding carboxylic acids is 1. The first-order valence-corrected chi connectivity index (χ1v) is 10.5. The van der Waals surface area contributed by atoms with Gasteiger partial charge in [0.05, 0.1) is 14.0 Å². The van der Waals surface area contributed by atoms with Gasteiger partial charge in [0, 0.05) is 20.1 Å². The Morgan fingerprint density at radius 3 is 2.52 bits per heavy atom. The number of nitrogens with zero attached hydrogens (tertiary/aromatic N) is 2. The normalized spacial score (nSPS) is 11.2. The van der Waals surface area contributed by atoms with Crippen LogP contribution in [0.1, 0.15) is 21.6 Å². The summed E-state index contributed by atoms with van der Waals surface area (Å²) in [4.78, 5) is 14.9. The molecule has 148 valence electrons. The van der Waals surface area contributed by atoms with Crippen molar-refractivity contribution >= 4 is 43.4 Å². The number of aromatic nitrogens is 1. The molecular formula is C22H17BrF2N2OS. The molecule has 29 heavy (non-hydrogen) atoms. The fraction of sp³-hybridized carbons (Fsp3) is 0.136. The van der Waals surface area contributed by atoms with Crippen molar-refractivity contribution in [3.8, 4) is 0 Å². The lowest BCUT2D eigenvalue weighted by atomic mass is 10.2. The van der Waals surface area contributed by atoms with E-state index in [1.54, 1.807) is 11.9 Å². The van der Waals surface area contributed by atoms with Gasteiger partial charge in [0.25, 0.3) is 5.91 Å². The molecule has 2 heterocycles. The van der Waals surface area contributed by atoms with Crippen LogP contribution >= 0.6 is 27.3 Å². The highest BCUT2D eigenvalue weighted by Crippen LogP contribution is 2.33. The average molecular weight is 475 g/mol. The Morgan fingerprint density at radius 2 is 1.79 bits per heavy atom. The lowest BCUT2D eigenvalue weighted by molar-refractivity contribution is 0.0775.